The van der Waals surface area contributed by atoms with E-state index in [9.17, 15) is 0 Å². The summed E-state index contributed by atoms with van der Waals surface area (Å²) in [4.78, 5) is 4.45. The van der Waals surface area contributed by atoms with Gasteiger partial charge in [-0.1, -0.05) is 13.8 Å². The molecule has 2 rings (SSSR count). The van der Waals surface area contributed by atoms with E-state index in [4.69, 9.17) is 0 Å². The number of aromatic nitrogens is 2. The van der Waals surface area contributed by atoms with Crippen molar-refractivity contribution in [3.63, 3.8) is 0 Å². The van der Waals surface area contributed by atoms with Gasteiger partial charge in [-0.2, -0.15) is 0 Å². The average molecular weight is 263 g/mol. The fourth-order valence-corrected chi connectivity index (χ4v) is 3.61. The van der Waals surface area contributed by atoms with Gasteiger partial charge in [0.05, 0.1) is 0 Å². The third kappa shape index (κ3) is 3.82. The molecular weight excluding hydrogens is 234 g/mol. The Hall–Kier alpha value is -0.830. The Labute approximate surface area is 117 Å². The lowest BCUT2D eigenvalue weighted by atomic mass is 9.66. The number of nitrogens with zero attached hydrogens (tertiary/aromatic N) is 2. The molecule has 1 saturated carbocycles. The number of nitrogens with one attached hydrogen (secondary N) is 1. The Morgan fingerprint density at radius 2 is 2.21 bits per heavy atom. The van der Waals surface area contributed by atoms with Crippen LogP contribution in [0.4, 0.5) is 0 Å². The SMILES string of the molecule is CNCC1CCC(C)(C)CC1CCc1nccn1C. The standard InChI is InChI=1S/C16H29N3/c1-16(2)8-7-14(12-17-3)13(11-16)5-6-15-18-9-10-19(15)4/h9-10,13-14,17H,5-8,11-12H2,1-4H3. The fourth-order valence-electron chi connectivity index (χ4n) is 3.61. The normalized spacial score (nSPS) is 26.5. The number of hydrogen-bond acceptors (Lipinski definition) is 2. The van der Waals surface area contributed by atoms with Gasteiger partial charge in [-0.05, 0) is 56.5 Å². The summed E-state index contributed by atoms with van der Waals surface area (Å²) in [6.45, 7) is 6.02. The number of rotatable bonds is 5. The first-order valence-electron chi connectivity index (χ1n) is 7.62. The van der Waals surface area contributed by atoms with Crippen LogP contribution in [0, 0.1) is 17.3 Å². The number of imidazole rings is 1. The Morgan fingerprint density at radius 1 is 1.42 bits per heavy atom. The molecule has 3 nitrogen and oxygen atoms in total. The summed E-state index contributed by atoms with van der Waals surface area (Å²) in [7, 11) is 4.17. The van der Waals surface area contributed by atoms with Crippen molar-refractivity contribution in [1.29, 1.82) is 0 Å². The third-order valence-corrected chi connectivity index (χ3v) is 4.80. The van der Waals surface area contributed by atoms with Crippen molar-refractivity contribution in [3.8, 4) is 0 Å². The fraction of sp³-hybridized carbons (Fsp3) is 0.812. The molecule has 0 bridgehead atoms. The van der Waals surface area contributed by atoms with Crippen molar-refractivity contribution in [2.75, 3.05) is 13.6 Å². The van der Waals surface area contributed by atoms with E-state index in [0.29, 0.717) is 5.41 Å². The van der Waals surface area contributed by atoms with E-state index < -0.39 is 0 Å². The molecule has 0 aromatic carbocycles. The molecule has 108 valence electrons. The molecule has 1 N–H and O–H groups in total. The summed E-state index contributed by atoms with van der Waals surface area (Å²) in [6.07, 6.45) is 10.5. The molecule has 2 atom stereocenters. The maximum absolute atomic E-state index is 4.45. The predicted molar refractivity (Wildman–Crippen MR) is 80.1 cm³/mol. The van der Waals surface area contributed by atoms with E-state index >= 15 is 0 Å². The van der Waals surface area contributed by atoms with Crippen LogP contribution in [0.1, 0.15) is 45.4 Å². The molecule has 0 saturated heterocycles. The Bertz CT molecular complexity index is 394. The lowest BCUT2D eigenvalue weighted by Crippen LogP contribution is -2.35. The van der Waals surface area contributed by atoms with Crippen LogP contribution in [0.2, 0.25) is 0 Å². The second kappa shape index (κ2) is 6.08. The largest absolute Gasteiger partial charge is 0.338 e. The van der Waals surface area contributed by atoms with Crippen LogP contribution in [-0.2, 0) is 13.5 Å². The van der Waals surface area contributed by atoms with Crippen molar-refractivity contribution < 1.29 is 0 Å². The lowest BCUT2D eigenvalue weighted by Gasteiger charge is -2.41. The van der Waals surface area contributed by atoms with Gasteiger partial charge in [-0.3, -0.25) is 0 Å². The van der Waals surface area contributed by atoms with Gasteiger partial charge in [-0.15, -0.1) is 0 Å². The highest BCUT2D eigenvalue weighted by Crippen LogP contribution is 2.43. The molecule has 0 aliphatic heterocycles. The smallest absolute Gasteiger partial charge is 0.108 e. The minimum Gasteiger partial charge on any atom is -0.338 e. The molecule has 19 heavy (non-hydrogen) atoms. The van der Waals surface area contributed by atoms with Gasteiger partial charge in [0.25, 0.3) is 0 Å². The summed E-state index contributed by atoms with van der Waals surface area (Å²) in [5, 5.41) is 3.38. The van der Waals surface area contributed by atoms with Gasteiger partial charge in [0.15, 0.2) is 0 Å². The van der Waals surface area contributed by atoms with E-state index in [1.165, 1.54) is 38.1 Å². The third-order valence-electron chi connectivity index (χ3n) is 4.80. The molecule has 0 radical (unpaired) electrons. The highest BCUT2D eigenvalue weighted by atomic mass is 15.0. The number of aryl methyl sites for hydroxylation is 2. The van der Waals surface area contributed by atoms with Crippen LogP contribution >= 0.6 is 0 Å². The highest BCUT2D eigenvalue weighted by Gasteiger charge is 2.34. The molecule has 1 aliphatic rings. The second-order valence-electron chi connectivity index (χ2n) is 6.98. The molecule has 0 spiro atoms. The average Bonchev–Trinajstić information content (AvgIpc) is 2.75. The van der Waals surface area contributed by atoms with Crippen LogP contribution in [0.25, 0.3) is 0 Å². The molecule has 2 unspecified atom stereocenters. The van der Waals surface area contributed by atoms with Gasteiger partial charge in [0.2, 0.25) is 0 Å². The van der Waals surface area contributed by atoms with Crippen molar-refractivity contribution in [2.24, 2.45) is 24.3 Å². The highest BCUT2D eigenvalue weighted by molar-refractivity contribution is 4.93. The zero-order valence-corrected chi connectivity index (χ0v) is 12.9. The molecular formula is C16H29N3. The van der Waals surface area contributed by atoms with Crippen LogP contribution in [0.15, 0.2) is 12.4 Å². The van der Waals surface area contributed by atoms with Crippen LogP contribution in [0.3, 0.4) is 0 Å². The maximum Gasteiger partial charge on any atom is 0.108 e. The van der Waals surface area contributed by atoms with Crippen molar-refractivity contribution in [1.82, 2.24) is 14.9 Å². The Balaban J connectivity index is 1.95. The summed E-state index contributed by atoms with van der Waals surface area (Å²) in [5.41, 5.74) is 0.524. The minimum atomic E-state index is 0.524. The van der Waals surface area contributed by atoms with E-state index in [0.717, 1.165) is 18.3 Å². The van der Waals surface area contributed by atoms with Crippen molar-refractivity contribution >= 4 is 0 Å². The Morgan fingerprint density at radius 3 is 2.84 bits per heavy atom. The maximum atomic E-state index is 4.45. The van der Waals surface area contributed by atoms with Crippen LogP contribution in [-0.4, -0.2) is 23.1 Å². The van der Waals surface area contributed by atoms with Gasteiger partial charge in [0.1, 0.15) is 5.82 Å². The van der Waals surface area contributed by atoms with E-state index in [1.54, 1.807) is 0 Å². The summed E-state index contributed by atoms with van der Waals surface area (Å²) < 4.78 is 2.15. The predicted octanol–water partition coefficient (Wildman–Crippen LogP) is 3.01. The monoisotopic (exact) mass is 263 g/mol. The molecule has 3 heteroatoms. The summed E-state index contributed by atoms with van der Waals surface area (Å²) >= 11 is 0. The topological polar surface area (TPSA) is 29.9 Å². The summed E-state index contributed by atoms with van der Waals surface area (Å²) in [6, 6.07) is 0. The number of hydrogen-bond donors (Lipinski definition) is 1. The quantitative estimate of drug-likeness (QED) is 0.885. The van der Waals surface area contributed by atoms with Crippen LogP contribution < -0.4 is 5.32 Å². The van der Waals surface area contributed by atoms with Crippen molar-refractivity contribution in [2.45, 2.75) is 46.0 Å². The first-order valence-corrected chi connectivity index (χ1v) is 7.62. The molecule has 1 fully saturated rings. The lowest BCUT2D eigenvalue weighted by molar-refractivity contribution is 0.111. The zero-order valence-electron chi connectivity index (χ0n) is 12.9. The first kappa shape index (κ1) is 14.6. The molecule has 1 aromatic rings. The molecule has 1 aliphatic carbocycles. The Kier molecular flexibility index (Phi) is 4.67. The first-order chi connectivity index (χ1) is 9.02. The molecule has 1 heterocycles. The zero-order chi connectivity index (χ0) is 13.9. The minimum absolute atomic E-state index is 0.524. The summed E-state index contributed by atoms with van der Waals surface area (Å²) in [5.74, 6) is 2.91. The van der Waals surface area contributed by atoms with E-state index in [-0.39, 0.29) is 0 Å². The van der Waals surface area contributed by atoms with Crippen molar-refractivity contribution in [3.05, 3.63) is 18.2 Å². The molecule has 1 aromatic heterocycles. The van der Waals surface area contributed by atoms with E-state index in [1.807, 2.05) is 12.4 Å². The van der Waals surface area contributed by atoms with Gasteiger partial charge in [-0.25, -0.2) is 4.98 Å². The van der Waals surface area contributed by atoms with Crippen LogP contribution in [0.5, 0.6) is 0 Å². The van der Waals surface area contributed by atoms with E-state index in [2.05, 4.69) is 42.8 Å². The second-order valence-corrected chi connectivity index (χ2v) is 6.98. The van der Waals surface area contributed by atoms with Gasteiger partial charge < -0.3 is 9.88 Å². The molecule has 0 amide bonds. The van der Waals surface area contributed by atoms with Gasteiger partial charge in [0, 0.05) is 25.9 Å². The van der Waals surface area contributed by atoms with Gasteiger partial charge >= 0.3 is 0 Å².